The molecule has 0 aliphatic rings. The van der Waals surface area contributed by atoms with E-state index in [-0.39, 0.29) is 18.8 Å². The van der Waals surface area contributed by atoms with Crippen molar-refractivity contribution in [2.24, 2.45) is 5.73 Å². The molecule has 88 valence electrons. The van der Waals surface area contributed by atoms with Gasteiger partial charge in [0.1, 0.15) is 0 Å². The van der Waals surface area contributed by atoms with Gasteiger partial charge in [-0.05, 0) is 17.7 Å². The number of benzene rings is 1. The predicted octanol–water partition coefficient (Wildman–Crippen LogP) is 3.24. The van der Waals surface area contributed by atoms with Crippen LogP contribution in [0.15, 0.2) is 30.5 Å². The fourth-order valence-corrected chi connectivity index (χ4v) is 1.75. The van der Waals surface area contributed by atoms with Gasteiger partial charge in [-0.3, -0.25) is 0 Å². The Morgan fingerprint density at radius 2 is 2.00 bits per heavy atom. The molecule has 2 nitrogen and oxygen atoms in total. The second-order valence-corrected chi connectivity index (χ2v) is 3.52. The molecule has 2 rings (SSSR count). The van der Waals surface area contributed by atoms with Gasteiger partial charge in [0.2, 0.25) is 6.43 Å². The number of halogens is 3. The monoisotopic (exact) mass is 246 g/mol. The summed E-state index contributed by atoms with van der Waals surface area (Å²) >= 11 is 0. The van der Waals surface area contributed by atoms with E-state index in [1.165, 1.54) is 0 Å². The maximum absolute atomic E-state index is 12.2. The Balaban J connectivity index is 0.00000128. The summed E-state index contributed by atoms with van der Waals surface area (Å²) in [4.78, 5) is 3.03. The lowest BCUT2D eigenvalue weighted by Gasteiger charge is -2.12. The van der Waals surface area contributed by atoms with Crippen molar-refractivity contribution in [3.8, 4) is 0 Å². The smallest absolute Gasteiger partial charge is 0.240 e. The number of nitrogens with one attached hydrogen (secondary N) is 1. The van der Waals surface area contributed by atoms with Gasteiger partial charge in [-0.2, -0.15) is 0 Å². The summed E-state index contributed by atoms with van der Waals surface area (Å²) in [5.74, 6) is 0. The molecule has 0 radical (unpaired) electrons. The molecule has 0 spiro atoms. The summed E-state index contributed by atoms with van der Waals surface area (Å²) in [6.07, 6.45) is -0.887. The normalized spacial score (nSPS) is 12.8. The topological polar surface area (TPSA) is 41.8 Å². The van der Waals surface area contributed by atoms with E-state index in [9.17, 15) is 8.78 Å². The molecule has 0 fully saturated rings. The lowest BCUT2D eigenvalue weighted by Crippen LogP contribution is -2.14. The number of hydrogen-bond acceptors (Lipinski definition) is 1. The van der Waals surface area contributed by atoms with E-state index >= 15 is 0 Å². The van der Waals surface area contributed by atoms with Crippen molar-refractivity contribution in [1.29, 1.82) is 0 Å². The molecule has 0 saturated carbocycles. The zero-order chi connectivity index (χ0) is 10.8. The van der Waals surface area contributed by atoms with E-state index in [1.54, 1.807) is 12.3 Å². The number of aromatic amines is 1. The van der Waals surface area contributed by atoms with Crippen LogP contribution in [-0.2, 0) is 0 Å². The third-order valence-corrected chi connectivity index (χ3v) is 2.46. The second kappa shape index (κ2) is 5.27. The highest BCUT2D eigenvalue weighted by Crippen LogP contribution is 2.25. The Bertz CT molecular complexity index is 456. The molecule has 3 N–H and O–H groups in total. The van der Waals surface area contributed by atoms with Gasteiger partial charge in [-0.1, -0.05) is 12.1 Å². The van der Waals surface area contributed by atoms with Crippen LogP contribution in [0.2, 0.25) is 0 Å². The predicted molar refractivity (Wildman–Crippen MR) is 63.1 cm³/mol. The van der Waals surface area contributed by atoms with Crippen molar-refractivity contribution < 1.29 is 8.78 Å². The number of rotatable bonds is 3. The highest BCUT2D eigenvalue weighted by atomic mass is 35.5. The summed E-state index contributed by atoms with van der Waals surface area (Å²) in [6, 6.07) is 6.76. The van der Waals surface area contributed by atoms with Crippen LogP contribution in [0.5, 0.6) is 0 Å². The zero-order valence-electron chi connectivity index (χ0n) is 8.49. The minimum Gasteiger partial charge on any atom is -0.361 e. The Kier molecular flexibility index (Phi) is 4.26. The number of aromatic nitrogens is 1. The summed E-state index contributed by atoms with van der Waals surface area (Å²) < 4.78 is 24.4. The first-order valence-corrected chi connectivity index (χ1v) is 4.78. The van der Waals surface area contributed by atoms with Crippen molar-refractivity contribution >= 4 is 23.3 Å². The van der Waals surface area contributed by atoms with Crippen LogP contribution in [0.3, 0.4) is 0 Å². The minimum atomic E-state index is -2.37. The van der Waals surface area contributed by atoms with Crippen LogP contribution < -0.4 is 5.73 Å². The largest absolute Gasteiger partial charge is 0.361 e. The van der Waals surface area contributed by atoms with Gasteiger partial charge >= 0.3 is 0 Å². The average molecular weight is 247 g/mol. The number of fused-ring (bicyclic) bond motifs is 1. The fraction of sp³-hybridized carbons (Fsp3) is 0.273. The number of alkyl halides is 2. The molecule has 0 aliphatic heterocycles. The third-order valence-electron chi connectivity index (χ3n) is 2.46. The first kappa shape index (κ1) is 12.9. The number of hydrogen-bond donors (Lipinski definition) is 2. The van der Waals surface area contributed by atoms with Gasteiger partial charge in [0.05, 0.1) is 0 Å². The highest BCUT2D eigenvalue weighted by molar-refractivity contribution is 5.85. The third kappa shape index (κ3) is 2.51. The van der Waals surface area contributed by atoms with E-state index in [1.807, 2.05) is 18.2 Å². The highest BCUT2D eigenvalue weighted by Gasteiger charge is 2.15. The maximum Gasteiger partial charge on any atom is 0.240 e. The van der Waals surface area contributed by atoms with E-state index in [2.05, 4.69) is 4.98 Å². The first-order valence-electron chi connectivity index (χ1n) is 4.78. The van der Waals surface area contributed by atoms with Gasteiger partial charge in [0, 0.05) is 29.6 Å². The van der Waals surface area contributed by atoms with Gasteiger partial charge in [-0.25, -0.2) is 8.78 Å². The lowest BCUT2D eigenvalue weighted by molar-refractivity contribution is 0.128. The van der Waals surface area contributed by atoms with E-state index in [4.69, 9.17) is 5.73 Å². The molecule has 5 heteroatoms. The maximum atomic E-state index is 12.2. The van der Waals surface area contributed by atoms with Crippen molar-refractivity contribution in [2.75, 3.05) is 0 Å². The number of H-pyrrole nitrogens is 1. The van der Waals surface area contributed by atoms with Crippen LogP contribution in [0, 0.1) is 0 Å². The second-order valence-electron chi connectivity index (χ2n) is 3.52. The summed E-state index contributed by atoms with van der Waals surface area (Å²) in [6.45, 7) is 0. The van der Waals surface area contributed by atoms with E-state index in [0.29, 0.717) is 0 Å². The quantitative estimate of drug-likeness (QED) is 0.858. The molecule has 0 saturated heterocycles. The van der Waals surface area contributed by atoms with Gasteiger partial charge in [-0.15, -0.1) is 12.4 Å². The fourth-order valence-electron chi connectivity index (χ4n) is 1.75. The van der Waals surface area contributed by atoms with Crippen LogP contribution >= 0.6 is 12.4 Å². The first-order chi connectivity index (χ1) is 7.18. The van der Waals surface area contributed by atoms with Crippen molar-refractivity contribution in [1.82, 2.24) is 4.98 Å². The molecule has 1 aromatic heterocycles. The molecule has 0 bridgehead atoms. The number of nitrogens with two attached hydrogens (primary N) is 1. The molecule has 16 heavy (non-hydrogen) atoms. The summed E-state index contributed by atoms with van der Waals surface area (Å²) in [7, 11) is 0. The zero-order valence-corrected chi connectivity index (χ0v) is 9.31. The molecule has 0 aliphatic carbocycles. The van der Waals surface area contributed by atoms with E-state index in [0.717, 1.165) is 16.5 Å². The Hall–Kier alpha value is -1.13. The van der Waals surface area contributed by atoms with Crippen LogP contribution in [0.1, 0.15) is 18.0 Å². The molecule has 0 unspecified atom stereocenters. The van der Waals surface area contributed by atoms with E-state index < -0.39 is 12.5 Å². The van der Waals surface area contributed by atoms with Crippen molar-refractivity contribution in [3.63, 3.8) is 0 Å². The van der Waals surface area contributed by atoms with Crippen molar-refractivity contribution in [2.45, 2.75) is 18.9 Å². The van der Waals surface area contributed by atoms with Crippen molar-refractivity contribution in [3.05, 3.63) is 36.0 Å². The Morgan fingerprint density at radius 3 is 2.69 bits per heavy atom. The lowest BCUT2D eigenvalue weighted by atomic mass is 10.0. The molecule has 1 atom stereocenters. The van der Waals surface area contributed by atoms with Crippen LogP contribution in [0.4, 0.5) is 8.78 Å². The molecular formula is C11H13ClF2N2. The summed E-state index contributed by atoms with van der Waals surface area (Å²) in [5, 5.41) is 0.922. The SMILES string of the molecule is Cl.N[C@H](CC(F)F)c1cccc2[nH]ccc12. The Morgan fingerprint density at radius 1 is 1.25 bits per heavy atom. The van der Waals surface area contributed by atoms with Gasteiger partial charge in [0.15, 0.2) is 0 Å². The minimum absolute atomic E-state index is 0. The average Bonchev–Trinajstić information content (AvgIpc) is 2.63. The van der Waals surface area contributed by atoms with Crippen LogP contribution in [0.25, 0.3) is 10.9 Å². The Labute approximate surface area is 98.2 Å². The van der Waals surface area contributed by atoms with Crippen LogP contribution in [-0.4, -0.2) is 11.4 Å². The van der Waals surface area contributed by atoms with Gasteiger partial charge < -0.3 is 10.7 Å². The standard InChI is InChI=1S/C11H12F2N2.ClH/c12-11(13)6-9(14)7-2-1-3-10-8(7)4-5-15-10;/h1-5,9,11,15H,6,14H2;1H/t9-;/m1./s1. The van der Waals surface area contributed by atoms with Gasteiger partial charge in [0.25, 0.3) is 0 Å². The molecule has 1 heterocycles. The molecule has 1 aromatic carbocycles. The molecular weight excluding hydrogens is 234 g/mol. The molecule has 0 amide bonds. The molecule has 2 aromatic rings. The summed E-state index contributed by atoms with van der Waals surface area (Å²) in [5.41, 5.74) is 7.43.